The van der Waals surface area contributed by atoms with Gasteiger partial charge in [-0.2, -0.15) is 4.98 Å². The molecule has 7 nitrogen and oxygen atoms in total. The fourth-order valence-electron chi connectivity index (χ4n) is 3.44. The third kappa shape index (κ3) is 3.36. The molecule has 0 aromatic carbocycles. The number of hydrogen-bond acceptors (Lipinski definition) is 7. The van der Waals surface area contributed by atoms with Crippen LogP contribution in [0.1, 0.15) is 24.3 Å². The van der Waals surface area contributed by atoms with Gasteiger partial charge in [-0.1, -0.05) is 5.16 Å². The predicted octanol–water partition coefficient (Wildman–Crippen LogP) is 1.70. The standard InChI is InChI=1S/C17H24N6O/c1-14-12-15(20-24-14)13-21-8-10-22(11-9-21)16-4-5-18-17(19-16)23-6-2-3-7-23/h4-5,12H,2-3,6-11,13H2,1H3. The van der Waals surface area contributed by atoms with Gasteiger partial charge in [0.1, 0.15) is 11.6 Å². The van der Waals surface area contributed by atoms with Gasteiger partial charge in [0, 0.05) is 58.1 Å². The van der Waals surface area contributed by atoms with Crippen LogP contribution in [0.5, 0.6) is 0 Å². The van der Waals surface area contributed by atoms with Crippen molar-refractivity contribution < 1.29 is 4.52 Å². The highest BCUT2D eigenvalue weighted by Crippen LogP contribution is 2.20. The molecule has 2 fully saturated rings. The molecular formula is C17H24N6O. The van der Waals surface area contributed by atoms with Crippen molar-refractivity contribution in [1.29, 1.82) is 0 Å². The van der Waals surface area contributed by atoms with Gasteiger partial charge in [0.15, 0.2) is 0 Å². The quantitative estimate of drug-likeness (QED) is 0.846. The van der Waals surface area contributed by atoms with Crippen molar-refractivity contribution in [2.75, 3.05) is 49.1 Å². The van der Waals surface area contributed by atoms with Crippen LogP contribution in [0.25, 0.3) is 0 Å². The summed E-state index contributed by atoms with van der Waals surface area (Å²) in [5.74, 6) is 2.80. The molecule has 24 heavy (non-hydrogen) atoms. The van der Waals surface area contributed by atoms with Crippen molar-refractivity contribution in [1.82, 2.24) is 20.0 Å². The Kier molecular flexibility index (Phi) is 4.34. The largest absolute Gasteiger partial charge is 0.361 e. The van der Waals surface area contributed by atoms with Gasteiger partial charge in [-0.15, -0.1) is 0 Å². The van der Waals surface area contributed by atoms with Crippen LogP contribution in [0.15, 0.2) is 22.9 Å². The van der Waals surface area contributed by atoms with E-state index in [0.717, 1.165) is 69.0 Å². The summed E-state index contributed by atoms with van der Waals surface area (Å²) in [5, 5.41) is 4.09. The number of aromatic nitrogens is 3. The topological polar surface area (TPSA) is 61.5 Å². The van der Waals surface area contributed by atoms with E-state index in [1.807, 2.05) is 25.3 Å². The molecule has 2 saturated heterocycles. The van der Waals surface area contributed by atoms with Gasteiger partial charge in [0.2, 0.25) is 5.95 Å². The molecule has 2 aromatic rings. The Morgan fingerprint density at radius 3 is 2.54 bits per heavy atom. The average molecular weight is 328 g/mol. The normalized spacial score (nSPS) is 19.2. The zero-order valence-corrected chi connectivity index (χ0v) is 14.2. The van der Waals surface area contributed by atoms with E-state index in [0.29, 0.717) is 0 Å². The molecule has 0 saturated carbocycles. The van der Waals surface area contributed by atoms with Gasteiger partial charge in [-0.25, -0.2) is 4.98 Å². The lowest BCUT2D eigenvalue weighted by molar-refractivity contribution is 0.241. The maximum absolute atomic E-state index is 5.15. The van der Waals surface area contributed by atoms with Gasteiger partial charge in [0.25, 0.3) is 0 Å². The third-order valence-electron chi connectivity index (χ3n) is 4.78. The first-order valence-electron chi connectivity index (χ1n) is 8.75. The van der Waals surface area contributed by atoms with Crippen LogP contribution in [0, 0.1) is 6.92 Å². The maximum Gasteiger partial charge on any atom is 0.227 e. The first kappa shape index (κ1) is 15.4. The van der Waals surface area contributed by atoms with Crippen molar-refractivity contribution in [3.63, 3.8) is 0 Å². The second kappa shape index (κ2) is 6.76. The van der Waals surface area contributed by atoms with E-state index >= 15 is 0 Å². The molecule has 0 N–H and O–H groups in total. The summed E-state index contributed by atoms with van der Waals surface area (Å²) in [5.41, 5.74) is 1.01. The summed E-state index contributed by atoms with van der Waals surface area (Å²) in [6.07, 6.45) is 4.38. The van der Waals surface area contributed by atoms with E-state index < -0.39 is 0 Å². The summed E-state index contributed by atoms with van der Waals surface area (Å²) in [6.45, 7) is 8.92. The highest BCUT2D eigenvalue weighted by Gasteiger charge is 2.21. The van der Waals surface area contributed by atoms with Crippen molar-refractivity contribution in [3.8, 4) is 0 Å². The number of hydrogen-bond donors (Lipinski definition) is 0. The average Bonchev–Trinajstić information content (AvgIpc) is 3.28. The summed E-state index contributed by atoms with van der Waals surface area (Å²) in [4.78, 5) is 16.3. The molecule has 0 spiro atoms. The smallest absolute Gasteiger partial charge is 0.227 e. The van der Waals surface area contributed by atoms with E-state index in [-0.39, 0.29) is 0 Å². The zero-order chi connectivity index (χ0) is 16.4. The van der Waals surface area contributed by atoms with Gasteiger partial charge in [0.05, 0.1) is 5.69 Å². The monoisotopic (exact) mass is 328 g/mol. The number of piperazine rings is 1. The van der Waals surface area contributed by atoms with Crippen LogP contribution in [-0.4, -0.2) is 59.3 Å². The van der Waals surface area contributed by atoms with E-state index in [1.54, 1.807) is 0 Å². The Bertz CT molecular complexity index is 673. The molecule has 2 aliphatic heterocycles. The Labute approximate surface area is 142 Å². The van der Waals surface area contributed by atoms with Gasteiger partial charge < -0.3 is 14.3 Å². The molecule has 0 aliphatic carbocycles. The first-order chi connectivity index (χ1) is 11.8. The van der Waals surface area contributed by atoms with E-state index in [9.17, 15) is 0 Å². The summed E-state index contributed by atoms with van der Waals surface area (Å²) < 4.78 is 5.15. The lowest BCUT2D eigenvalue weighted by atomic mass is 10.2. The van der Waals surface area contributed by atoms with E-state index in [4.69, 9.17) is 9.51 Å². The fraction of sp³-hybridized carbons (Fsp3) is 0.588. The van der Waals surface area contributed by atoms with Crippen LogP contribution in [0.3, 0.4) is 0 Å². The van der Waals surface area contributed by atoms with Crippen molar-refractivity contribution in [2.24, 2.45) is 0 Å². The Morgan fingerprint density at radius 1 is 1.04 bits per heavy atom. The predicted molar refractivity (Wildman–Crippen MR) is 92.2 cm³/mol. The SMILES string of the molecule is Cc1cc(CN2CCN(c3ccnc(N4CCCC4)n3)CC2)no1. The summed E-state index contributed by atoms with van der Waals surface area (Å²) in [7, 11) is 0. The molecule has 4 rings (SSSR count). The Balaban J connectivity index is 1.36. The minimum absolute atomic E-state index is 0.855. The number of rotatable bonds is 4. The second-order valence-corrected chi connectivity index (χ2v) is 6.60. The number of anilines is 2. The molecule has 7 heteroatoms. The van der Waals surface area contributed by atoms with Crippen molar-refractivity contribution in [3.05, 3.63) is 29.8 Å². The highest BCUT2D eigenvalue weighted by molar-refractivity contribution is 5.44. The van der Waals surface area contributed by atoms with Gasteiger partial charge in [-0.3, -0.25) is 4.90 Å². The lowest BCUT2D eigenvalue weighted by Crippen LogP contribution is -2.46. The molecule has 2 aromatic heterocycles. The summed E-state index contributed by atoms with van der Waals surface area (Å²) >= 11 is 0. The zero-order valence-electron chi connectivity index (χ0n) is 14.2. The third-order valence-corrected chi connectivity index (χ3v) is 4.78. The molecule has 0 bridgehead atoms. The van der Waals surface area contributed by atoms with Crippen LogP contribution in [0.4, 0.5) is 11.8 Å². The molecule has 4 heterocycles. The maximum atomic E-state index is 5.15. The number of nitrogens with zero attached hydrogens (tertiary/aromatic N) is 6. The van der Waals surface area contributed by atoms with Crippen molar-refractivity contribution in [2.45, 2.75) is 26.3 Å². The fourth-order valence-corrected chi connectivity index (χ4v) is 3.44. The Hall–Kier alpha value is -2.15. The molecule has 0 amide bonds. The molecule has 0 radical (unpaired) electrons. The minimum Gasteiger partial charge on any atom is -0.361 e. The molecule has 0 unspecified atom stereocenters. The van der Waals surface area contributed by atoms with Crippen LogP contribution in [0.2, 0.25) is 0 Å². The summed E-state index contributed by atoms with van der Waals surface area (Å²) in [6, 6.07) is 4.04. The Morgan fingerprint density at radius 2 is 1.83 bits per heavy atom. The van der Waals surface area contributed by atoms with Crippen LogP contribution < -0.4 is 9.80 Å². The second-order valence-electron chi connectivity index (χ2n) is 6.60. The van der Waals surface area contributed by atoms with Crippen molar-refractivity contribution >= 4 is 11.8 Å². The molecular weight excluding hydrogens is 304 g/mol. The number of aryl methyl sites for hydroxylation is 1. The lowest BCUT2D eigenvalue weighted by Gasteiger charge is -2.35. The van der Waals surface area contributed by atoms with Gasteiger partial charge >= 0.3 is 0 Å². The van der Waals surface area contributed by atoms with Gasteiger partial charge in [-0.05, 0) is 25.8 Å². The van der Waals surface area contributed by atoms with E-state index in [2.05, 4.69) is 24.8 Å². The molecule has 2 aliphatic rings. The van der Waals surface area contributed by atoms with Crippen LogP contribution >= 0.6 is 0 Å². The van der Waals surface area contributed by atoms with E-state index in [1.165, 1.54) is 12.8 Å². The van der Waals surface area contributed by atoms with Crippen LogP contribution in [-0.2, 0) is 6.54 Å². The highest BCUT2D eigenvalue weighted by atomic mass is 16.5. The minimum atomic E-state index is 0.855. The molecule has 128 valence electrons. The first-order valence-corrected chi connectivity index (χ1v) is 8.75. The molecule has 0 atom stereocenters.